The molecule has 0 radical (unpaired) electrons. The monoisotopic (exact) mass is 220 g/mol. The van der Waals surface area contributed by atoms with E-state index >= 15 is 0 Å². The molecule has 2 rings (SSSR count). The molecule has 2 N–H and O–H groups in total. The molecule has 0 spiro atoms. The molecule has 84 valence electrons. The van der Waals surface area contributed by atoms with Crippen LogP contribution in [0, 0.1) is 0 Å². The lowest BCUT2D eigenvalue weighted by Crippen LogP contribution is -2.50. The summed E-state index contributed by atoms with van der Waals surface area (Å²) >= 11 is 0. The van der Waals surface area contributed by atoms with Gasteiger partial charge in [0, 0.05) is 12.1 Å². The van der Waals surface area contributed by atoms with E-state index in [-0.39, 0.29) is 6.42 Å². The third-order valence-electron chi connectivity index (χ3n) is 2.47. The first-order chi connectivity index (χ1) is 7.54. The SMILES string of the molecule is CC1=NN(c2ccccc2)C(O)(C(=O)O)C1. The van der Waals surface area contributed by atoms with Gasteiger partial charge in [-0.2, -0.15) is 5.10 Å². The van der Waals surface area contributed by atoms with Crippen LogP contribution in [0.5, 0.6) is 0 Å². The van der Waals surface area contributed by atoms with Gasteiger partial charge in [-0.25, -0.2) is 9.80 Å². The fraction of sp³-hybridized carbons (Fsp3) is 0.273. The van der Waals surface area contributed by atoms with Crippen molar-refractivity contribution in [2.24, 2.45) is 5.10 Å². The summed E-state index contributed by atoms with van der Waals surface area (Å²) in [6, 6.07) is 8.75. The van der Waals surface area contributed by atoms with Crippen molar-refractivity contribution in [1.82, 2.24) is 0 Å². The van der Waals surface area contributed by atoms with Crippen LogP contribution in [0.25, 0.3) is 0 Å². The van der Waals surface area contributed by atoms with E-state index in [0.29, 0.717) is 11.4 Å². The molecule has 0 saturated carbocycles. The van der Waals surface area contributed by atoms with Gasteiger partial charge in [0.1, 0.15) is 0 Å². The highest BCUT2D eigenvalue weighted by Crippen LogP contribution is 2.31. The first-order valence-corrected chi connectivity index (χ1v) is 4.89. The fourth-order valence-electron chi connectivity index (χ4n) is 1.73. The van der Waals surface area contributed by atoms with Crippen molar-refractivity contribution in [3.63, 3.8) is 0 Å². The number of rotatable bonds is 2. The molecular formula is C11H12N2O3. The number of para-hydroxylation sites is 1. The summed E-state index contributed by atoms with van der Waals surface area (Å²) in [5, 5.41) is 24.3. The Labute approximate surface area is 92.6 Å². The van der Waals surface area contributed by atoms with Gasteiger partial charge in [-0.05, 0) is 19.1 Å². The van der Waals surface area contributed by atoms with Crippen LogP contribution in [0.3, 0.4) is 0 Å². The second kappa shape index (κ2) is 3.61. The lowest BCUT2D eigenvalue weighted by Gasteiger charge is -2.28. The maximum atomic E-state index is 11.1. The number of nitrogens with zero attached hydrogens (tertiary/aromatic N) is 2. The average Bonchev–Trinajstić information content (AvgIpc) is 2.57. The summed E-state index contributed by atoms with van der Waals surface area (Å²) in [6.45, 7) is 1.69. The molecule has 5 heteroatoms. The zero-order valence-corrected chi connectivity index (χ0v) is 8.79. The number of hydrogen-bond donors (Lipinski definition) is 2. The highest BCUT2D eigenvalue weighted by atomic mass is 16.4. The van der Waals surface area contributed by atoms with Crippen molar-refractivity contribution in [2.75, 3.05) is 5.01 Å². The number of aliphatic hydroxyl groups is 1. The van der Waals surface area contributed by atoms with Crippen LogP contribution < -0.4 is 5.01 Å². The first kappa shape index (κ1) is 10.6. The molecule has 5 nitrogen and oxygen atoms in total. The zero-order valence-electron chi connectivity index (χ0n) is 8.79. The van der Waals surface area contributed by atoms with Gasteiger partial charge < -0.3 is 10.2 Å². The van der Waals surface area contributed by atoms with Crippen molar-refractivity contribution in [1.29, 1.82) is 0 Å². The standard InChI is InChI=1S/C11H12N2O3/c1-8-7-11(16,10(14)15)13(12-8)9-5-3-2-4-6-9/h2-6,16H,7H2,1H3,(H,14,15). The minimum Gasteiger partial charge on any atom is -0.478 e. The number of hydrogen-bond acceptors (Lipinski definition) is 4. The molecule has 1 atom stereocenters. The molecule has 0 amide bonds. The second-order valence-electron chi connectivity index (χ2n) is 3.78. The Morgan fingerprint density at radius 2 is 2.06 bits per heavy atom. The van der Waals surface area contributed by atoms with Crippen LogP contribution in [0.1, 0.15) is 13.3 Å². The topological polar surface area (TPSA) is 73.1 Å². The number of carboxylic acid groups (broad SMARTS) is 1. The molecule has 0 aromatic heterocycles. The third kappa shape index (κ3) is 1.55. The highest BCUT2D eigenvalue weighted by Gasteiger charge is 2.47. The Hall–Kier alpha value is -1.88. The van der Waals surface area contributed by atoms with Gasteiger partial charge in [-0.3, -0.25) is 0 Å². The van der Waals surface area contributed by atoms with Crippen LogP contribution in [-0.4, -0.2) is 27.6 Å². The minimum atomic E-state index is -1.97. The molecule has 0 fully saturated rings. The van der Waals surface area contributed by atoms with Crippen LogP contribution in [0.4, 0.5) is 5.69 Å². The van der Waals surface area contributed by atoms with Gasteiger partial charge in [0.05, 0.1) is 5.69 Å². The Bertz CT molecular complexity index is 444. The smallest absolute Gasteiger partial charge is 0.359 e. The van der Waals surface area contributed by atoms with Gasteiger partial charge in [-0.15, -0.1) is 0 Å². The number of hydrazone groups is 1. The molecule has 1 unspecified atom stereocenters. The van der Waals surface area contributed by atoms with Gasteiger partial charge in [-0.1, -0.05) is 18.2 Å². The maximum absolute atomic E-state index is 11.1. The maximum Gasteiger partial charge on any atom is 0.359 e. The van der Waals surface area contributed by atoms with E-state index in [4.69, 9.17) is 5.11 Å². The third-order valence-corrected chi connectivity index (χ3v) is 2.47. The number of carbonyl (C=O) groups is 1. The quantitative estimate of drug-likeness (QED) is 0.781. The van der Waals surface area contributed by atoms with Crippen LogP contribution in [0.2, 0.25) is 0 Å². The van der Waals surface area contributed by atoms with E-state index in [1.54, 1.807) is 31.2 Å². The highest BCUT2D eigenvalue weighted by molar-refractivity contribution is 5.96. The Balaban J connectivity index is 2.43. The average molecular weight is 220 g/mol. The van der Waals surface area contributed by atoms with E-state index in [2.05, 4.69) is 5.10 Å². The molecule has 1 aromatic rings. The van der Waals surface area contributed by atoms with Crippen molar-refractivity contribution >= 4 is 17.4 Å². The van der Waals surface area contributed by atoms with E-state index in [0.717, 1.165) is 5.01 Å². The molecule has 1 aromatic carbocycles. The van der Waals surface area contributed by atoms with Gasteiger partial charge >= 0.3 is 5.97 Å². The summed E-state index contributed by atoms with van der Waals surface area (Å²) in [6.07, 6.45) is 0.0111. The molecule has 0 saturated heterocycles. The van der Waals surface area contributed by atoms with Crippen molar-refractivity contribution in [2.45, 2.75) is 19.1 Å². The van der Waals surface area contributed by atoms with Gasteiger partial charge in [0.2, 0.25) is 0 Å². The predicted octanol–water partition coefficient (Wildman–Crippen LogP) is 1.05. The first-order valence-electron chi connectivity index (χ1n) is 4.89. The molecule has 0 aliphatic carbocycles. The molecule has 0 bridgehead atoms. The zero-order chi connectivity index (χ0) is 11.8. The van der Waals surface area contributed by atoms with Crippen LogP contribution in [-0.2, 0) is 4.79 Å². The molecule has 1 aliphatic rings. The Morgan fingerprint density at radius 1 is 1.44 bits per heavy atom. The summed E-state index contributed by atoms with van der Waals surface area (Å²) < 4.78 is 0. The summed E-state index contributed by atoms with van der Waals surface area (Å²) in [5.74, 6) is -1.29. The van der Waals surface area contributed by atoms with E-state index < -0.39 is 11.7 Å². The van der Waals surface area contributed by atoms with Crippen molar-refractivity contribution in [3.05, 3.63) is 30.3 Å². The fourth-order valence-corrected chi connectivity index (χ4v) is 1.73. The van der Waals surface area contributed by atoms with E-state index in [1.807, 2.05) is 6.07 Å². The second-order valence-corrected chi connectivity index (χ2v) is 3.78. The molecular weight excluding hydrogens is 208 g/mol. The molecule has 1 aliphatic heterocycles. The van der Waals surface area contributed by atoms with Crippen LogP contribution in [0.15, 0.2) is 35.4 Å². The minimum absolute atomic E-state index is 0.0111. The summed E-state index contributed by atoms with van der Waals surface area (Å²) in [4.78, 5) is 11.1. The lowest BCUT2D eigenvalue weighted by molar-refractivity contribution is -0.157. The molecule has 1 heterocycles. The van der Waals surface area contributed by atoms with Gasteiger partial charge in [0.25, 0.3) is 5.72 Å². The lowest BCUT2D eigenvalue weighted by atomic mass is 10.1. The number of benzene rings is 1. The number of aliphatic carboxylic acids is 1. The number of anilines is 1. The largest absolute Gasteiger partial charge is 0.478 e. The van der Waals surface area contributed by atoms with E-state index in [1.165, 1.54) is 0 Å². The normalized spacial score (nSPS) is 24.4. The molecule has 16 heavy (non-hydrogen) atoms. The predicted molar refractivity (Wildman–Crippen MR) is 59.2 cm³/mol. The van der Waals surface area contributed by atoms with Gasteiger partial charge in [0.15, 0.2) is 0 Å². The van der Waals surface area contributed by atoms with E-state index in [9.17, 15) is 9.90 Å². The Kier molecular flexibility index (Phi) is 2.40. The summed E-state index contributed by atoms with van der Waals surface area (Å²) in [5.41, 5.74) is -0.816. The Morgan fingerprint density at radius 3 is 2.62 bits per heavy atom. The van der Waals surface area contributed by atoms with Crippen molar-refractivity contribution < 1.29 is 15.0 Å². The summed E-state index contributed by atoms with van der Waals surface area (Å²) in [7, 11) is 0. The van der Waals surface area contributed by atoms with Crippen molar-refractivity contribution in [3.8, 4) is 0 Å². The van der Waals surface area contributed by atoms with Crippen LogP contribution >= 0.6 is 0 Å². The number of carboxylic acids is 1.